The van der Waals surface area contributed by atoms with E-state index in [2.05, 4.69) is 68.7 Å². The minimum absolute atomic E-state index is 0.296. The van der Waals surface area contributed by atoms with Crippen LogP contribution in [0.4, 0.5) is 0 Å². The third-order valence-corrected chi connectivity index (χ3v) is 4.78. The molecule has 0 bridgehead atoms. The van der Waals surface area contributed by atoms with E-state index >= 15 is 0 Å². The van der Waals surface area contributed by atoms with Gasteiger partial charge in [0.2, 0.25) is 0 Å². The van der Waals surface area contributed by atoms with E-state index in [0.717, 1.165) is 13.0 Å². The molecule has 2 unspecified atom stereocenters. The van der Waals surface area contributed by atoms with Crippen LogP contribution < -0.4 is 5.32 Å². The Morgan fingerprint density at radius 3 is 2.43 bits per heavy atom. The molecule has 0 aliphatic rings. The lowest BCUT2D eigenvalue weighted by Gasteiger charge is -2.24. The monoisotopic (exact) mass is 302 g/mol. The highest BCUT2D eigenvalue weighted by molar-refractivity contribution is 7.09. The van der Waals surface area contributed by atoms with Gasteiger partial charge in [0.15, 0.2) is 0 Å². The first kappa shape index (κ1) is 16.2. The van der Waals surface area contributed by atoms with Gasteiger partial charge in [0.05, 0.1) is 11.7 Å². The molecule has 1 aromatic heterocycles. The van der Waals surface area contributed by atoms with Crippen LogP contribution >= 0.6 is 11.3 Å². The highest BCUT2D eigenvalue weighted by Gasteiger charge is 2.23. The van der Waals surface area contributed by atoms with Gasteiger partial charge >= 0.3 is 0 Å². The maximum Gasteiger partial charge on any atom is 0.110 e. The number of benzene rings is 1. The summed E-state index contributed by atoms with van der Waals surface area (Å²) in [6.07, 6.45) is 1.14. The van der Waals surface area contributed by atoms with Gasteiger partial charge in [-0.05, 0) is 24.4 Å². The normalized spacial score (nSPS) is 14.3. The van der Waals surface area contributed by atoms with Gasteiger partial charge < -0.3 is 5.32 Å². The van der Waals surface area contributed by atoms with Crippen LogP contribution in [0.2, 0.25) is 0 Å². The quantitative estimate of drug-likeness (QED) is 0.768. The fourth-order valence-corrected chi connectivity index (χ4v) is 3.59. The number of nitrogens with one attached hydrogen (secondary N) is 1. The van der Waals surface area contributed by atoms with E-state index in [4.69, 9.17) is 4.98 Å². The molecule has 0 fully saturated rings. The number of hydrogen-bond acceptors (Lipinski definition) is 3. The third-order valence-electron chi connectivity index (χ3n) is 3.84. The zero-order valence-electron chi connectivity index (χ0n) is 13.5. The van der Waals surface area contributed by atoms with Gasteiger partial charge in [0.25, 0.3) is 0 Å². The Morgan fingerprint density at radius 2 is 1.86 bits per heavy atom. The molecular weight excluding hydrogens is 276 g/mol. The van der Waals surface area contributed by atoms with Crippen molar-refractivity contribution in [1.29, 1.82) is 0 Å². The number of rotatable bonds is 7. The lowest BCUT2D eigenvalue weighted by atomic mass is 9.93. The number of nitrogens with zero attached hydrogens (tertiary/aromatic N) is 1. The van der Waals surface area contributed by atoms with E-state index in [-0.39, 0.29) is 0 Å². The molecule has 0 aliphatic carbocycles. The first-order valence-electron chi connectivity index (χ1n) is 7.87. The summed E-state index contributed by atoms with van der Waals surface area (Å²) in [7, 11) is 0. The molecule has 114 valence electrons. The van der Waals surface area contributed by atoms with E-state index in [1.165, 1.54) is 16.3 Å². The van der Waals surface area contributed by atoms with Crippen molar-refractivity contribution in [3.8, 4) is 0 Å². The lowest BCUT2D eigenvalue weighted by molar-refractivity contribution is 0.463. The van der Waals surface area contributed by atoms with Crippen molar-refractivity contribution < 1.29 is 0 Å². The van der Waals surface area contributed by atoms with Crippen molar-refractivity contribution in [1.82, 2.24) is 10.3 Å². The molecular formula is C18H26N2S. The molecule has 0 saturated heterocycles. The summed E-state index contributed by atoms with van der Waals surface area (Å²) in [6.45, 7) is 9.93. The van der Waals surface area contributed by atoms with Crippen molar-refractivity contribution >= 4 is 11.3 Å². The summed E-state index contributed by atoms with van der Waals surface area (Å²) in [5.74, 6) is 0.915. The van der Waals surface area contributed by atoms with Crippen molar-refractivity contribution in [2.45, 2.75) is 52.0 Å². The van der Waals surface area contributed by atoms with Gasteiger partial charge in [-0.15, -0.1) is 11.3 Å². The second kappa shape index (κ2) is 7.71. The summed E-state index contributed by atoms with van der Waals surface area (Å²) in [6, 6.07) is 11.0. The molecule has 0 aliphatic heterocycles. The zero-order chi connectivity index (χ0) is 15.2. The Labute approximate surface area is 132 Å². The molecule has 1 N–H and O–H groups in total. The number of thiazole rings is 1. The molecule has 0 radical (unpaired) electrons. The van der Waals surface area contributed by atoms with Crippen LogP contribution in [0, 0.1) is 0 Å². The standard InChI is InChI=1S/C18H26N2S/c1-5-11-19-17(14(4)15-9-7-6-8-10-15)18-20-16(12-21-18)13(2)3/h6-10,12-14,17,19H,5,11H2,1-4H3. The largest absolute Gasteiger partial charge is 0.307 e. The van der Waals surface area contributed by atoms with E-state index in [0.29, 0.717) is 17.9 Å². The van der Waals surface area contributed by atoms with Gasteiger partial charge in [0.1, 0.15) is 5.01 Å². The average Bonchev–Trinajstić information content (AvgIpc) is 2.98. The molecule has 3 heteroatoms. The number of hydrogen-bond donors (Lipinski definition) is 1. The molecule has 2 aromatic rings. The van der Waals surface area contributed by atoms with Crippen LogP contribution in [-0.2, 0) is 0 Å². The van der Waals surface area contributed by atoms with E-state index < -0.39 is 0 Å². The summed E-state index contributed by atoms with van der Waals surface area (Å²) in [4.78, 5) is 4.87. The first-order chi connectivity index (χ1) is 10.1. The fraction of sp³-hybridized carbons (Fsp3) is 0.500. The van der Waals surface area contributed by atoms with E-state index in [1.54, 1.807) is 11.3 Å². The molecule has 0 saturated carbocycles. The van der Waals surface area contributed by atoms with Crippen LogP contribution in [0.15, 0.2) is 35.7 Å². The van der Waals surface area contributed by atoms with Crippen molar-refractivity contribution in [3.05, 3.63) is 52.0 Å². The zero-order valence-corrected chi connectivity index (χ0v) is 14.3. The maximum absolute atomic E-state index is 4.87. The van der Waals surface area contributed by atoms with E-state index in [1.807, 2.05) is 0 Å². The van der Waals surface area contributed by atoms with Gasteiger partial charge in [-0.25, -0.2) is 4.98 Å². The number of aromatic nitrogens is 1. The van der Waals surface area contributed by atoms with Gasteiger partial charge in [-0.3, -0.25) is 0 Å². The summed E-state index contributed by atoms with van der Waals surface area (Å²) >= 11 is 1.79. The van der Waals surface area contributed by atoms with E-state index in [9.17, 15) is 0 Å². The molecule has 21 heavy (non-hydrogen) atoms. The van der Waals surface area contributed by atoms with Crippen LogP contribution in [0.25, 0.3) is 0 Å². The Bertz CT molecular complexity index is 533. The Hall–Kier alpha value is -1.19. The second-order valence-corrected chi connectivity index (χ2v) is 6.79. The highest BCUT2D eigenvalue weighted by Crippen LogP contribution is 2.33. The Kier molecular flexibility index (Phi) is 5.95. The maximum atomic E-state index is 4.87. The van der Waals surface area contributed by atoms with Crippen LogP contribution in [-0.4, -0.2) is 11.5 Å². The molecule has 0 amide bonds. The van der Waals surface area contributed by atoms with Crippen molar-refractivity contribution in [2.24, 2.45) is 0 Å². The van der Waals surface area contributed by atoms with Gasteiger partial charge in [0, 0.05) is 11.3 Å². The SMILES string of the molecule is CCCNC(c1nc(C(C)C)cs1)C(C)c1ccccc1. The topological polar surface area (TPSA) is 24.9 Å². The lowest BCUT2D eigenvalue weighted by Crippen LogP contribution is -2.26. The van der Waals surface area contributed by atoms with Crippen LogP contribution in [0.1, 0.15) is 68.3 Å². The van der Waals surface area contributed by atoms with Crippen molar-refractivity contribution in [3.63, 3.8) is 0 Å². The smallest absolute Gasteiger partial charge is 0.110 e. The average molecular weight is 302 g/mol. The second-order valence-electron chi connectivity index (χ2n) is 5.90. The fourth-order valence-electron chi connectivity index (χ4n) is 2.44. The van der Waals surface area contributed by atoms with Crippen molar-refractivity contribution in [2.75, 3.05) is 6.54 Å². The predicted molar refractivity (Wildman–Crippen MR) is 92.1 cm³/mol. The van der Waals surface area contributed by atoms with Gasteiger partial charge in [-0.2, -0.15) is 0 Å². The minimum Gasteiger partial charge on any atom is -0.307 e. The molecule has 2 atom stereocenters. The minimum atomic E-state index is 0.296. The molecule has 2 nitrogen and oxygen atoms in total. The first-order valence-corrected chi connectivity index (χ1v) is 8.75. The van der Waals surface area contributed by atoms with Crippen LogP contribution in [0.5, 0.6) is 0 Å². The molecule has 2 rings (SSSR count). The predicted octanol–water partition coefficient (Wildman–Crippen LogP) is 5.11. The molecule has 1 heterocycles. The Morgan fingerprint density at radius 1 is 1.14 bits per heavy atom. The summed E-state index contributed by atoms with van der Waals surface area (Å²) in [5, 5.41) is 7.10. The summed E-state index contributed by atoms with van der Waals surface area (Å²) < 4.78 is 0. The third kappa shape index (κ3) is 4.14. The molecule has 0 spiro atoms. The van der Waals surface area contributed by atoms with Crippen LogP contribution in [0.3, 0.4) is 0 Å². The summed E-state index contributed by atoms with van der Waals surface area (Å²) in [5.41, 5.74) is 2.57. The highest BCUT2D eigenvalue weighted by atomic mass is 32.1. The van der Waals surface area contributed by atoms with Gasteiger partial charge in [-0.1, -0.05) is 58.0 Å². The molecule has 1 aromatic carbocycles. The Balaban J connectivity index is 2.24.